The molecule has 2 atom stereocenters. The number of amides is 1. The Morgan fingerprint density at radius 3 is 3.22 bits per heavy atom. The Labute approximate surface area is 108 Å². The topological polar surface area (TPSA) is 56.1 Å². The van der Waals surface area contributed by atoms with Crippen molar-refractivity contribution in [2.45, 2.75) is 51.8 Å². The van der Waals surface area contributed by atoms with Crippen molar-refractivity contribution >= 4 is 5.91 Å². The van der Waals surface area contributed by atoms with Gasteiger partial charge in [-0.1, -0.05) is 6.92 Å². The smallest absolute Gasteiger partial charge is 0.249 e. The first-order valence-corrected chi connectivity index (χ1v) is 6.66. The van der Waals surface area contributed by atoms with E-state index in [-0.39, 0.29) is 18.1 Å². The average Bonchev–Trinajstić information content (AvgIpc) is 2.83. The number of hydrogen-bond donors (Lipinski definition) is 1. The monoisotopic (exact) mass is 251 g/mol. The summed E-state index contributed by atoms with van der Waals surface area (Å²) in [6.07, 6.45) is 6.04. The first-order valence-electron chi connectivity index (χ1n) is 6.66. The number of rotatable bonds is 5. The van der Waals surface area contributed by atoms with Gasteiger partial charge in [-0.25, -0.2) is 4.98 Å². The van der Waals surface area contributed by atoms with Gasteiger partial charge in [-0.2, -0.15) is 0 Å². The number of carbonyl (C=O) groups is 1. The highest BCUT2D eigenvalue weighted by Gasteiger charge is 2.23. The lowest BCUT2D eigenvalue weighted by molar-refractivity contribution is -0.133. The predicted molar refractivity (Wildman–Crippen MR) is 68.2 cm³/mol. The molecule has 0 unspecified atom stereocenters. The summed E-state index contributed by atoms with van der Waals surface area (Å²) in [6.45, 7) is 5.26. The molecule has 2 heterocycles. The van der Waals surface area contributed by atoms with Crippen molar-refractivity contribution in [1.82, 2.24) is 14.9 Å². The lowest BCUT2D eigenvalue weighted by Crippen LogP contribution is -2.45. The van der Waals surface area contributed by atoms with Gasteiger partial charge in [0, 0.05) is 38.0 Å². The van der Waals surface area contributed by atoms with Crippen LogP contribution in [0.1, 0.15) is 32.5 Å². The van der Waals surface area contributed by atoms with Gasteiger partial charge in [-0.3, -0.25) is 4.79 Å². The molecule has 1 aromatic heterocycles. The molecule has 1 aliphatic heterocycles. The fourth-order valence-corrected chi connectivity index (χ4v) is 2.36. The van der Waals surface area contributed by atoms with Gasteiger partial charge in [0.25, 0.3) is 0 Å². The maximum atomic E-state index is 12.0. The van der Waals surface area contributed by atoms with Gasteiger partial charge >= 0.3 is 0 Å². The largest absolute Gasteiger partial charge is 0.369 e. The predicted octanol–water partition coefficient (Wildman–Crippen LogP) is 1.13. The van der Waals surface area contributed by atoms with E-state index in [1.165, 1.54) is 0 Å². The van der Waals surface area contributed by atoms with Crippen molar-refractivity contribution in [3.63, 3.8) is 0 Å². The van der Waals surface area contributed by atoms with Gasteiger partial charge < -0.3 is 14.6 Å². The summed E-state index contributed by atoms with van der Waals surface area (Å²) in [5, 5.41) is 3.07. The first-order chi connectivity index (χ1) is 8.74. The molecule has 18 heavy (non-hydrogen) atoms. The van der Waals surface area contributed by atoms with Crippen LogP contribution in [0.15, 0.2) is 12.4 Å². The van der Waals surface area contributed by atoms with Gasteiger partial charge in [0.05, 0.1) is 0 Å². The van der Waals surface area contributed by atoms with Gasteiger partial charge in [0.2, 0.25) is 5.91 Å². The van der Waals surface area contributed by atoms with E-state index in [0.29, 0.717) is 13.0 Å². The lowest BCUT2D eigenvalue weighted by atomic mass is 10.1. The third-order valence-electron chi connectivity index (χ3n) is 3.31. The number of hydrogen-bond acceptors (Lipinski definition) is 3. The minimum absolute atomic E-state index is 0.00733. The van der Waals surface area contributed by atoms with E-state index in [1.54, 1.807) is 0 Å². The van der Waals surface area contributed by atoms with E-state index in [1.807, 2.05) is 26.2 Å². The summed E-state index contributed by atoms with van der Waals surface area (Å²) in [6, 6.07) is 0.189. The Balaban J connectivity index is 1.89. The molecule has 1 aromatic rings. The van der Waals surface area contributed by atoms with Crippen LogP contribution in [0.4, 0.5) is 0 Å². The van der Waals surface area contributed by atoms with Gasteiger partial charge in [-0.05, 0) is 19.8 Å². The molecule has 0 radical (unpaired) electrons. The molecule has 5 heteroatoms. The van der Waals surface area contributed by atoms with Crippen molar-refractivity contribution in [1.29, 1.82) is 0 Å². The molecule has 1 amide bonds. The van der Waals surface area contributed by atoms with Crippen LogP contribution in [0.25, 0.3) is 0 Å². The third-order valence-corrected chi connectivity index (χ3v) is 3.31. The molecule has 0 bridgehead atoms. The van der Waals surface area contributed by atoms with E-state index in [9.17, 15) is 4.79 Å². The molecule has 0 fully saturated rings. The summed E-state index contributed by atoms with van der Waals surface area (Å²) in [7, 11) is 0. The van der Waals surface area contributed by atoms with Crippen molar-refractivity contribution in [3.05, 3.63) is 18.2 Å². The van der Waals surface area contributed by atoms with Crippen molar-refractivity contribution in [2.75, 3.05) is 6.61 Å². The number of aryl methyl sites for hydroxylation is 1. The number of ether oxygens (including phenoxy) is 1. The molecular weight excluding hydrogens is 230 g/mol. The highest BCUT2D eigenvalue weighted by Crippen LogP contribution is 2.13. The third kappa shape index (κ3) is 2.90. The average molecular weight is 251 g/mol. The van der Waals surface area contributed by atoms with E-state index < -0.39 is 0 Å². The molecule has 0 aromatic carbocycles. The molecular formula is C13H21N3O2. The van der Waals surface area contributed by atoms with E-state index in [2.05, 4.69) is 14.9 Å². The standard InChI is InChI=1S/C13H21N3O2/c1-3-11(18-4-2)13(17)15-10-5-6-12-14-7-8-16(12)9-10/h7-8,10-11H,3-6,9H2,1-2H3,(H,15,17)/t10-,11+/m1/s1. The molecule has 0 saturated carbocycles. The number of fused-ring (bicyclic) bond motifs is 1. The molecule has 0 saturated heterocycles. The molecule has 1 N–H and O–H groups in total. The van der Waals surface area contributed by atoms with E-state index in [4.69, 9.17) is 4.74 Å². The lowest BCUT2D eigenvalue weighted by Gasteiger charge is -2.26. The van der Waals surface area contributed by atoms with Crippen LogP contribution in [-0.4, -0.2) is 34.2 Å². The number of nitrogens with zero attached hydrogens (tertiary/aromatic N) is 2. The Morgan fingerprint density at radius 2 is 2.50 bits per heavy atom. The second-order valence-corrected chi connectivity index (χ2v) is 4.59. The zero-order valence-electron chi connectivity index (χ0n) is 11.1. The summed E-state index contributed by atoms with van der Waals surface area (Å²) >= 11 is 0. The molecule has 100 valence electrons. The maximum Gasteiger partial charge on any atom is 0.249 e. The van der Waals surface area contributed by atoms with Gasteiger partial charge in [0.1, 0.15) is 11.9 Å². The second kappa shape index (κ2) is 6.00. The van der Waals surface area contributed by atoms with Crippen LogP contribution in [0.2, 0.25) is 0 Å². The Kier molecular flexibility index (Phi) is 4.36. The molecule has 2 rings (SSSR count). The minimum Gasteiger partial charge on any atom is -0.369 e. The van der Waals surface area contributed by atoms with E-state index >= 15 is 0 Å². The second-order valence-electron chi connectivity index (χ2n) is 4.59. The quantitative estimate of drug-likeness (QED) is 0.853. The summed E-state index contributed by atoms with van der Waals surface area (Å²) in [5.41, 5.74) is 0. The van der Waals surface area contributed by atoms with Crippen LogP contribution in [0.5, 0.6) is 0 Å². The summed E-state index contributed by atoms with van der Waals surface area (Å²) in [4.78, 5) is 16.3. The fraction of sp³-hybridized carbons (Fsp3) is 0.692. The van der Waals surface area contributed by atoms with Crippen LogP contribution in [0, 0.1) is 0 Å². The highest BCUT2D eigenvalue weighted by atomic mass is 16.5. The van der Waals surface area contributed by atoms with Crippen molar-refractivity contribution < 1.29 is 9.53 Å². The van der Waals surface area contributed by atoms with E-state index in [0.717, 1.165) is 25.2 Å². The van der Waals surface area contributed by atoms with Crippen molar-refractivity contribution in [3.8, 4) is 0 Å². The SMILES string of the molecule is CCO[C@@H](CC)C(=O)N[C@@H]1CCc2nccn2C1. The van der Waals surface area contributed by atoms with Crippen LogP contribution in [0.3, 0.4) is 0 Å². The molecule has 0 aliphatic carbocycles. The highest BCUT2D eigenvalue weighted by molar-refractivity contribution is 5.81. The Bertz CT molecular complexity index is 403. The molecule has 1 aliphatic rings. The van der Waals surface area contributed by atoms with Crippen LogP contribution >= 0.6 is 0 Å². The Hall–Kier alpha value is -1.36. The number of carbonyl (C=O) groups excluding carboxylic acids is 1. The molecule has 0 spiro atoms. The number of aromatic nitrogens is 2. The number of nitrogens with one attached hydrogen (secondary N) is 1. The van der Waals surface area contributed by atoms with Crippen molar-refractivity contribution in [2.24, 2.45) is 0 Å². The van der Waals surface area contributed by atoms with Gasteiger partial charge in [-0.15, -0.1) is 0 Å². The first kappa shape index (κ1) is 13.1. The summed E-state index contributed by atoms with van der Waals surface area (Å²) < 4.78 is 7.52. The zero-order chi connectivity index (χ0) is 13.0. The Morgan fingerprint density at radius 1 is 1.67 bits per heavy atom. The minimum atomic E-state index is -0.320. The normalized spacial score (nSPS) is 20.2. The van der Waals surface area contributed by atoms with Gasteiger partial charge in [0.15, 0.2) is 0 Å². The molecule has 5 nitrogen and oxygen atoms in total. The van der Waals surface area contributed by atoms with Crippen LogP contribution in [-0.2, 0) is 22.5 Å². The maximum absolute atomic E-state index is 12.0. The fourth-order valence-electron chi connectivity index (χ4n) is 2.36. The number of imidazole rings is 1. The zero-order valence-corrected chi connectivity index (χ0v) is 11.1. The van der Waals surface area contributed by atoms with Crippen LogP contribution < -0.4 is 5.32 Å². The summed E-state index contributed by atoms with van der Waals surface area (Å²) in [5.74, 6) is 1.12.